The van der Waals surface area contributed by atoms with Crippen LogP contribution in [0.3, 0.4) is 0 Å². The SMILES string of the molecule is Cc1nn(-c2ccccc2)c(C)c1C(=O)NC(C)c1cnn(C)c1C. The number of carbonyl (C=O) groups is 1. The van der Waals surface area contributed by atoms with E-state index < -0.39 is 0 Å². The molecule has 0 saturated heterocycles. The lowest BCUT2D eigenvalue weighted by molar-refractivity contribution is 0.0938. The first-order chi connectivity index (χ1) is 11.9. The number of aromatic nitrogens is 4. The fraction of sp³-hybridized carbons (Fsp3) is 0.316. The molecule has 2 aromatic heterocycles. The molecule has 1 aromatic carbocycles. The normalized spacial score (nSPS) is 12.2. The highest BCUT2D eigenvalue weighted by molar-refractivity contribution is 5.96. The average molecular weight is 337 g/mol. The van der Waals surface area contributed by atoms with Crippen LogP contribution in [0.15, 0.2) is 36.5 Å². The summed E-state index contributed by atoms with van der Waals surface area (Å²) in [6.07, 6.45) is 1.80. The number of hydrogen-bond donors (Lipinski definition) is 1. The van der Waals surface area contributed by atoms with Gasteiger partial charge in [-0.3, -0.25) is 9.48 Å². The summed E-state index contributed by atoms with van der Waals surface area (Å²) in [7, 11) is 1.89. The summed E-state index contributed by atoms with van der Waals surface area (Å²) in [6, 6.07) is 9.70. The summed E-state index contributed by atoms with van der Waals surface area (Å²) < 4.78 is 3.62. The van der Waals surface area contributed by atoms with E-state index in [1.54, 1.807) is 6.20 Å². The monoisotopic (exact) mass is 337 g/mol. The molecule has 0 bridgehead atoms. The van der Waals surface area contributed by atoms with E-state index in [1.165, 1.54) is 0 Å². The summed E-state index contributed by atoms with van der Waals surface area (Å²) in [5, 5.41) is 11.9. The molecule has 25 heavy (non-hydrogen) atoms. The zero-order valence-electron chi connectivity index (χ0n) is 15.2. The van der Waals surface area contributed by atoms with Gasteiger partial charge in [0.15, 0.2) is 0 Å². The Balaban J connectivity index is 1.88. The second kappa shape index (κ2) is 6.55. The van der Waals surface area contributed by atoms with Crippen LogP contribution in [0.2, 0.25) is 0 Å². The van der Waals surface area contributed by atoms with E-state index in [0.29, 0.717) is 11.3 Å². The van der Waals surface area contributed by atoms with Gasteiger partial charge in [0.2, 0.25) is 0 Å². The van der Waals surface area contributed by atoms with Crippen molar-refractivity contribution in [3.63, 3.8) is 0 Å². The Bertz CT molecular complexity index is 908. The standard InChI is InChI=1S/C19H23N5O/c1-12(17-11-20-23(5)14(17)3)21-19(25)18-13(2)22-24(15(18)4)16-9-7-6-8-10-16/h6-12H,1-5H3,(H,21,25). The third-order valence-corrected chi connectivity index (χ3v) is 4.61. The van der Waals surface area contributed by atoms with Crippen LogP contribution in [-0.4, -0.2) is 25.5 Å². The molecular formula is C19H23N5O. The largest absolute Gasteiger partial charge is 0.345 e. The van der Waals surface area contributed by atoms with Crippen molar-refractivity contribution in [1.82, 2.24) is 24.9 Å². The van der Waals surface area contributed by atoms with E-state index in [2.05, 4.69) is 15.5 Å². The molecule has 0 aliphatic carbocycles. The Hall–Kier alpha value is -2.89. The van der Waals surface area contributed by atoms with Gasteiger partial charge < -0.3 is 5.32 Å². The average Bonchev–Trinajstić information content (AvgIpc) is 3.08. The van der Waals surface area contributed by atoms with Gasteiger partial charge in [-0.1, -0.05) is 18.2 Å². The van der Waals surface area contributed by atoms with Gasteiger partial charge >= 0.3 is 0 Å². The Morgan fingerprint density at radius 1 is 1.12 bits per heavy atom. The van der Waals surface area contributed by atoms with Crippen molar-refractivity contribution >= 4 is 5.91 Å². The molecule has 1 N–H and O–H groups in total. The molecule has 130 valence electrons. The van der Waals surface area contributed by atoms with Crippen molar-refractivity contribution in [1.29, 1.82) is 0 Å². The maximum atomic E-state index is 12.8. The van der Waals surface area contributed by atoms with Gasteiger partial charge in [-0.25, -0.2) is 4.68 Å². The molecule has 0 radical (unpaired) electrons. The number of benzene rings is 1. The summed E-state index contributed by atoms with van der Waals surface area (Å²) in [6.45, 7) is 7.74. The van der Waals surface area contributed by atoms with E-state index in [-0.39, 0.29) is 11.9 Å². The topological polar surface area (TPSA) is 64.7 Å². The molecule has 6 heteroatoms. The van der Waals surface area contributed by atoms with Gasteiger partial charge in [0.05, 0.1) is 34.9 Å². The van der Waals surface area contributed by atoms with Crippen molar-refractivity contribution in [3.05, 3.63) is 64.7 Å². The third kappa shape index (κ3) is 3.07. The van der Waals surface area contributed by atoms with Crippen LogP contribution in [0.4, 0.5) is 0 Å². The molecule has 0 spiro atoms. The quantitative estimate of drug-likeness (QED) is 0.796. The molecule has 6 nitrogen and oxygen atoms in total. The number of carbonyl (C=O) groups excluding carboxylic acids is 1. The van der Waals surface area contributed by atoms with E-state index in [0.717, 1.165) is 22.6 Å². The van der Waals surface area contributed by atoms with Crippen LogP contribution in [-0.2, 0) is 7.05 Å². The Labute approximate surface area is 147 Å². The maximum absolute atomic E-state index is 12.8. The molecule has 0 fully saturated rings. The first-order valence-electron chi connectivity index (χ1n) is 8.31. The van der Waals surface area contributed by atoms with E-state index in [4.69, 9.17) is 0 Å². The Morgan fingerprint density at radius 2 is 1.80 bits per heavy atom. The predicted molar refractivity (Wildman–Crippen MR) is 96.9 cm³/mol. The number of nitrogens with one attached hydrogen (secondary N) is 1. The minimum atomic E-state index is -0.125. The molecule has 1 amide bonds. The van der Waals surface area contributed by atoms with Crippen molar-refractivity contribution < 1.29 is 4.79 Å². The molecule has 2 heterocycles. The molecule has 0 aliphatic rings. The summed E-state index contributed by atoms with van der Waals surface area (Å²) in [5.74, 6) is -0.118. The van der Waals surface area contributed by atoms with Gasteiger partial charge in [-0.15, -0.1) is 0 Å². The fourth-order valence-corrected chi connectivity index (χ4v) is 3.08. The van der Waals surface area contributed by atoms with E-state index in [1.807, 2.05) is 74.4 Å². The van der Waals surface area contributed by atoms with Crippen molar-refractivity contribution in [3.8, 4) is 5.69 Å². The summed E-state index contributed by atoms with van der Waals surface area (Å²) in [4.78, 5) is 12.8. The first-order valence-corrected chi connectivity index (χ1v) is 8.31. The lowest BCUT2D eigenvalue weighted by atomic mass is 10.1. The molecule has 0 aliphatic heterocycles. The van der Waals surface area contributed by atoms with E-state index in [9.17, 15) is 4.79 Å². The molecule has 3 rings (SSSR count). The lowest BCUT2D eigenvalue weighted by Crippen LogP contribution is -2.28. The summed E-state index contributed by atoms with van der Waals surface area (Å²) in [5.41, 5.74) is 5.17. The third-order valence-electron chi connectivity index (χ3n) is 4.61. The van der Waals surface area contributed by atoms with Crippen LogP contribution in [0.5, 0.6) is 0 Å². The number of aryl methyl sites for hydroxylation is 2. The number of rotatable bonds is 4. The second-order valence-corrected chi connectivity index (χ2v) is 6.30. The first kappa shape index (κ1) is 17.0. The molecule has 1 atom stereocenters. The van der Waals surface area contributed by atoms with Crippen LogP contribution in [0.25, 0.3) is 5.69 Å². The van der Waals surface area contributed by atoms with Gasteiger partial charge in [0.1, 0.15) is 0 Å². The van der Waals surface area contributed by atoms with Gasteiger partial charge in [-0.2, -0.15) is 10.2 Å². The number of nitrogens with zero attached hydrogens (tertiary/aromatic N) is 4. The van der Waals surface area contributed by atoms with Crippen LogP contribution >= 0.6 is 0 Å². The zero-order chi connectivity index (χ0) is 18.1. The number of hydrogen-bond acceptors (Lipinski definition) is 3. The Kier molecular flexibility index (Phi) is 4.44. The van der Waals surface area contributed by atoms with Crippen molar-refractivity contribution in [2.45, 2.75) is 33.7 Å². The highest BCUT2D eigenvalue weighted by Crippen LogP contribution is 2.20. The lowest BCUT2D eigenvalue weighted by Gasteiger charge is -2.14. The van der Waals surface area contributed by atoms with Crippen LogP contribution in [0.1, 0.15) is 46.0 Å². The molecular weight excluding hydrogens is 314 g/mol. The van der Waals surface area contributed by atoms with E-state index >= 15 is 0 Å². The van der Waals surface area contributed by atoms with Crippen molar-refractivity contribution in [2.24, 2.45) is 7.05 Å². The smallest absolute Gasteiger partial charge is 0.255 e. The van der Waals surface area contributed by atoms with Crippen LogP contribution < -0.4 is 5.32 Å². The maximum Gasteiger partial charge on any atom is 0.255 e. The van der Waals surface area contributed by atoms with Crippen molar-refractivity contribution in [2.75, 3.05) is 0 Å². The van der Waals surface area contributed by atoms with Gasteiger partial charge in [0.25, 0.3) is 5.91 Å². The minimum Gasteiger partial charge on any atom is -0.345 e. The highest BCUT2D eigenvalue weighted by Gasteiger charge is 2.22. The fourth-order valence-electron chi connectivity index (χ4n) is 3.08. The van der Waals surface area contributed by atoms with Gasteiger partial charge in [0, 0.05) is 18.3 Å². The zero-order valence-corrected chi connectivity index (χ0v) is 15.2. The Morgan fingerprint density at radius 3 is 2.40 bits per heavy atom. The molecule has 1 unspecified atom stereocenters. The number of para-hydroxylation sites is 1. The minimum absolute atomic E-state index is 0.118. The van der Waals surface area contributed by atoms with Gasteiger partial charge in [-0.05, 0) is 39.8 Å². The number of amides is 1. The molecule has 0 saturated carbocycles. The highest BCUT2D eigenvalue weighted by atomic mass is 16.1. The van der Waals surface area contributed by atoms with Crippen LogP contribution in [0, 0.1) is 20.8 Å². The summed E-state index contributed by atoms with van der Waals surface area (Å²) >= 11 is 0. The second-order valence-electron chi connectivity index (χ2n) is 6.30. The predicted octanol–water partition coefficient (Wildman–Crippen LogP) is 3.02. The molecule has 3 aromatic rings.